The highest BCUT2D eigenvalue weighted by Gasteiger charge is 2.54. The van der Waals surface area contributed by atoms with Crippen LogP contribution >= 0.6 is 0 Å². The largest absolute Gasteiger partial charge is 0.497 e. The molecule has 1 saturated heterocycles. The Labute approximate surface area is 159 Å². The van der Waals surface area contributed by atoms with Crippen molar-refractivity contribution in [2.24, 2.45) is 11.8 Å². The van der Waals surface area contributed by atoms with Crippen LogP contribution in [0, 0.1) is 11.8 Å². The standard InChI is InChI=1S/C21H27NO5/c1-3-26-21(24)16-12-22(20(23)13-7-5-4-6-8-13)18-15-10-9-14(25-2)11-17(15)27-19(16)18/h9-11,13,16,18-19H,3-8,12H2,1-2H3/t16-,18+,19+/m1/s1. The fourth-order valence-corrected chi connectivity index (χ4v) is 4.72. The maximum atomic E-state index is 13.3. The normalized spacial score (nSPS) is 26.9. The Morgan fingerprint density at radius 3 is 2.70 bits per heavy atom. The number of nitrogens with zero attached hydrogens (tertiary/aromatic N) is 1. The zero-order chi connectivity index (χ0) is 19.0. The summed E-state index contributed by atoms with van der Waals surface area (Å²) < 4.78 is 16.7. The zero-order valence-corrected chi connectivity index (χ0v) is 16.0. The van der Waals surface area contributed by atoms with Gasteiger partial charge < -0.3 is 19.1 Å². The van der Waals surface area contributed by atoms with E-state index in [9.17, 15) is 9.59 Å². The predicted molar refractivity (Wildman–Crippen MR) is 98.6 cm³/mol. The summed E-state index contributed by atoms with van der Waals surface area (Å²) in [6.45, 7) is 2.49. The molecule has 146 valence electrons. The number of carbonyl (C=O) groups excluding carboxylic acids is 2. The lowest BCUT2D eigenvalue weighted by molar-refractivity contribution is -0.149. The summed E-state index contributed by atoms with van der Waals surface area (Å²) in [5.74, 6) is 0.866. The molecule has 3 atom stereocenters. The van der Waals surface area contributed by atoms with Crippen LogP contribution in [0.15, 0.2) is 18.2 Å². The van der Waals surface area contributed by atoms with Crippen molar-refractivity contribution in [2.75, 3.05) is 20.3 Å². The van der Waals surface area contributed by atoms with Gasteiger partial charge in [0.05, 0.1) is 19.8 Å². The number of amides is 1. The molecule has 1 aromatic carbocycles. The first-order valence-electron chi connectivity index (χ1n) is 9.95. The van der Waals surface area contributed by atoms with Crippen LogP contribution in [0.25, 0.3) is 0 Å². The minimum absolute atomic E-state index is 0.0580. The van der Waals surface area contributed by atoms with Gasteiger partial charge in [0.25, 0.3) is 0 Å². The molecule has 27 heavy (non-hydrogen) atoms. The van der Waals surface area contributed by atoms with Crippen molar-refractivity contribution in [2.45, 2.75) is 51.2 Å². The van der Waals surface area contributed by atoms with Gasteiger partial charge in [-0.25, -0.2) is 0 Å². The molecule has 0 radical (unpaired) electrons. The number of ether oxygens (including phenoxy) is 3. The molecule has 2 aliphatic heterocycles. The van der Waals surface area contributed by atoms with Crippen molar-refractivity contribution in [1.29, 1.82) is 0 Å². The Bertz CT molecular complexity index is 727. The maximum absolute atomic E-state index is 13.3. The van der Waals surface area contributed by atoms with E-state index in [1.54, 1.807) is 14.0 Å². The summed E-state index contributed by atoms with van der Waals surface area (Å²) in [6.07, 6.45) is 4.89. The fourth-order valence-electron chi connectivity index (χ4n) is 4.72. The highest BCUT2D eigenvalue weighted by atomic mass is 16.5. The lowest BCUT2D eigenvalue weighted by Gasteiger charge is -2.29. The molecule has 2 heterocycles. The summed E-state index contributed by atoms with van der Waals surface area (Å²) in [4.78, 5) is 27.7. The lowest BCUT2D eigenvalue weighted by Crippen LogP contribution is -2.37. The van der Waals surface area contributed by atoms with E-state index in [2.05, 4.69) is 0 Å². The third kappa shape index (κ3) is 3.15. The van der Waals surface area contributed by atoms with Crippen LogP contribution in [0.4, 0.5) is 0 Å². The molecular weight excluding hydrogens is 346 g/mol. The number of esters is 1. The van der Waals surface area contributed by atoms with Crippen LogP contribution in [0.3, 0.4) is 0 Å². The Morgan fingerprint density at radius 1 is 1.22 bits per heavy atom. The lowest BCUT2D eigenvalue weighted by atomic mass is 9.88. The van der Waals surface area contributed by atoms with Crippen molar-refractivity contribution in [3.63, 3.8) is 0 Å². The number of methoxy groups -OCH3 is 1. The molecule has 6 nitrogen and oxygen atoms in total. The van der Waals surface area contributed by atoms with Gasteiger partial charge in [0.1, 0.15) is 23.5 Å². The summed E-state index contributed by atoms with van der Waals surface area (Å²) >= 11 is 0. The van der Waals surface area contributed by atoms with E-state index in [1.165, 1.54) is 6.42 Å². The molecule has 1 aliphatic carbocycles. The Hall–Kier alpha value is -2.24. The number of benzene rings is 1. The smallest absolute Gasteiger partial charge is 0.314 e. The van der Waals surface area contributed by atoms with Crippen LogP contribution in [-0.4, -0.2) is 43.1 Å². The molecule has 1 aromatic rings. The van der Waals surface area contributed by atoms with Crippen molar-refractivity contribution >= 4 is 11.9 Å². The van der Waals surface area contributed by atoms with Gasteiger partial charge in [-0.1, -0.05) is 19.3 Å². The molecule has 0 aromatic heterocycles. The topological polar surface area (TPSA) is 65.1 Å². The molecule has 0 bridgehead atoms. The van der Waals surface area contributed by atoms with Gasteiger partial charge in [-0.15, -0.1) is 0 Å². The fraction of sp³-hybridized carbons (Fsp3) is 0.619. The average molecular weight is 373 g/mol. The second kappa shape index (κ2) is 7.41. The molecule has 0 spiro atoms. The Kier molecular flexibility index (Phi) is 4.98. The Morgan fingerprint density at radius 2 is 2.00 bits per heavy atom. The third-order valence-corrected chi connectivity index (χ3v) is 6.07. The number of carbonyl (C=O) groups is 2. The minimum Gasteiger partial charge on any atom is -0.497 e. The number of hydrogen-bond donors (Lipinski definition) is 0. The monoisotopic (exact) mass is 373 g/mol. The molecule has 0 unspecified atom stereocenters. The van der Waals surface area contributed by atoms with E-state index in [-0.39, 0.29) is 23.8 Å². The van der Waals surface area contributed by atoms with Crippen LogP contribution in [-0.2, 0) is 14.3 Å². The van der Waals surface area contributed by atoms with Gasteiger partial charge in [0.15, 0.2) is 0 Å². The first-order chi connectivity index (χ1) is 13.1. The second-order valence-electron chi connectivity index (χ2n) is 7.62. The van der Waals surface area contributed by atoms with E-state index >= 15 is 0 Å². The van der Waals surface area contributed by atoms with Crippen molar-refractivity contribution in [3.05, 3.63) is 23.8 Å². The summed E-state index contributed by atoms with van der Waals surface area (Å²) in [7, 11) is 1.61. The summed E-state index contributed by atoms with van der Waals surface area (Å²) in [5.41, 5.74) is 0.955. The van der Waals surface area contributed by atoms with Gasteiger partial charge in [-0.2, -0.15) is 0 Å². The van der Waals surface area contributed by atoms with Gasteiger partial charge in [0, 0.05) is 24.1 Å². The molecule has 0 N–H and O–H groups in total. The number of hydrogen-bond acceptors (Lipinski definition) is 5. The van der Waals surface area contributed by atoms with Crippen LogP contribution in [0.1, 0.15) is 50.6 Å². The molecule has 3 aliphatic rings. The van der Waals surface area contributed by atoms with Gasteiger partial charge in [-0.3, -0.25) is 9.59 Å². The first kappa shape index (κ1) is 18.1. The summed E-state index contributed by atoms with van der Waals surface area (Å²) in [5, 5.41) is 0. The van der Waals surface area contributed by atoms with Crippen molar-refractivity contribution in [1.82, 2.24) is 4.90 Å². The van der Waals surface area contributed by atoms with E-state index in [0.717, 1.165) is 31.2 Å². The van der Waals surface area contributed by atoms with Crippen LogP contribution in [0.2, 0.25) is 0 Å². The molecule has 2 fully saturated rings. The summed E-state index contributed by atoms with van der Waals surface area (Å²) in [6, 6.07) is 5.44. The second-order valence-corrected chi connectivity index (χ2v) is 7.62. The Balaban J connectivity index is 1.65. The average Bonchev–Trinajstić information content (AvgIpc) is 3.24. The van der Waals surface area contributed by atoms with E-state index in [4.69, 9.17) is 14.2 Å². The third-order valence-electron chi connectivity index (χ3n) is 6.07. The highest BCUT2D eigenvalue weighted by molar-refractivity contribution is 5.83. The van der Waals surface area contributed by atoms with Crippen LogP contribution in [0.5, 0.6) is 11.5 Å². The van der Waals surface area contributed by atoms with E-state index in [1.807, 2.05) is 23.1 Å². The van der Waals surface area contributed by atoms with E-state index < -0.39 is 12.0 Å². The highest BCUT2D eigenvalue weighted by Crippen LogP contribution is 2.49. The van der Waals surface area contributed by atoms with Crippen LogP contribution < -0.4 is 9.47 Å². The van der Waals surface area contributed by atoms with Crippen molar-refractivity contribution in [3.8, 4) is 11.5 Å². The van der Waals surface area contributed by atoms with Gasteiger partial charge >= 0.3 is 5.97 Å². The molecule has 4 rings (SSSR count). The van der Waals surface area contributed by atoms with Crippen molar-refractivity contribution < 1.29 is 23.8 Å². The number of likely N-dealkylation sites (tertiary alicyclic amines) is 1. The van der Waals surface area contributed by atoms with E-state index in [0.29, 0.717) is 24.7 Å². The predicted octanol–water partition coefficient (Wildman–Crippen LogP) is 3.10. The minimum atomic E-state index is -0.458. The molecule has 1 saturated carbocycles. The number of fused-ring (bicyclic) bond motifs is 3. The number of rotatable bonds is 4. The molecule has 1 amide bonds. The van der Waals surface area contributed by atoms with Gasteiger partial charge in [0.2, 0.25) is 5.91 Å². The molecular formula is C21H27NO5. The SMILES string of the molecule is CCOC(=O)[C@@H]1CN(C(=O)C2CCCCC2)[C@H]2c3ccc(OC)cc3O[C@@H]12. The zero-order valence-electron chi connectivity index (χ0n) is 16.0. The quantitative estimate of drug-likeness (QED) is 0.759. The van der Waals surface area contributed by atoms with Gasteiger partial charge in [-0.05, 0) is 31.9 Å². The maximum Gasteiger partial charge on any atom is 0.314 e. The first-order valence-corrected chi connectivity index (χ1v) is 9.95. The molecule has 6 heteroatoms.